The van der Waals surface area contributed by atoms with Gasteiger partial charge in [-0.05, 0) is 99.2 Å². The third kappa shape index (κ3) is 9.95. The highest BCUT2D eigenvalue weighted by Crippen LogP contribution is 2.29. The Bertz CT molecular complexity index is 970. The Morgan fingerprint density at radius 1 is 0.515 bits per heavy atom. The van der Waals surface area contributed by atoms with Crippen LogP contribution in [0.5, 0.6) is 0 Å². The van der Waals surface area contributed by atoms with Gasteiger partial charge in [-0.25, -0.2) is 0 Å². The van der Waals surface area contributed by atoms with Gasteiger partial charge in [-0.2, -0.15) is 0 Å². The summed E-state index contributed by atoms with van der Waals surface area (Å²) in [6, 6.07) is 17.4. The van der Waals surface area contributed by atoms with Crippen molar-refractivity contribution in [3.8, 4) is 0 Å². The Morgan fingerprint density at radius 2 is 0.879 bits per heavy atom. The van der Waals surface area contributed by atoms with E-state index in [2.05, 4.69) is 111 Å². The number of hydrogen-bond acceptors (Lipinski definition) is 1. The molecule has 0 fully saturated rings. The molecule has 180 valence electrons. The van der Waals surface area contributed by atoms with Gasteiger partial charge in [0.1, 0.15) is 0 Å². The summed E-state index contributed by atoms with van der Waals surface area (Å²) >= 11 is 0. The van der Waals surface area contributed by atoms with Crippen LogP contribution in [-0.4, -0.2) is 4.98 Å². The summed E-state index contributed by atoms with van der Waals surface area (Å²) in [6.07, 6.45) is 0. The van der Waals surface area contributed by atoms with Crippen molar-refractivity contribution in [2.75, 3.05) is 0 Å². The van der Waals surface area contributed by atoms with Crippen molar-refractivity contribution in [1.82, 2.24) is 4.98 Å². The van der Waals surface area contributed by atoms with E-state index in [9.17, 15) is 0 Å². The van der Waals surface area contributed by atoms with Crippen LogP contribution in [0.1, 0.15) is 91.9 Å². The molecule has 2 aromatic carbocycles. The number of aryl methyl sites for hydroxylation is 6. The predicted octanol–water partition coefficient (Wildman–Crippen LogP) is 9.21. The van der Waals surface area contributed by atoms with Gasteiger partial charge in [0, 0.05) is 11.4 Å². The summed E-state index contributed by atoms with van der Waals surface area (Å²) < 4.78 is 0. The largest absolute Gasteiger partial charge is 0.258 e. The molecule has 0 unspecified atom stereocenters. The van der Waals surface area contributed by atoms with E-state index in [-0.39, 0.29) is 10.8 Å². The topological polar surface area (TPSA) is 12.9 Å². The van der Waals surface area contributed by atoms with Gasteiger partial charge in [-0.15, -0.1) is 0 Å². The van der Waals surface area contributed by atoms with Crippen molar-refractivity contribution in [2.24, 2.45) is 0 Å². The maximum absolute atomic E-state index is 4.17. The van der Waals surface area contributed by atoms with Gasteiger partial charge >= 0.3 is 0 Å². The number of benzene rings is 2. The van der Waals surface area contributed by atoms with E-state index in [1.54, 1.807) is 0 Å². The quantitative estimate of drug-likeness (QED) is 0.336. The van der Waals surface area contributed by atoms with Crippen LogP contribution in [-0.2, 0) is 10.8 Å². The summed E-state index contributed by atoms with van der Waals surface area (Å²) in [5.41, 5.74) is 12.5. The minimum atomic E-state index is 0.242. The minimum Gasteiger partial charge on any atom is -0.258 e. The fourth-order valence-electron chi connectivity index (χ4n) is 3.58. The Morgan fingerprint density at radius 3 is 1.18 bits per heavy atom. The van der Waals surface area contributed by atoms with Gasteiger partial charge in [0.05, 0.1) is 0 Å². The lowest BCUT2D eigenvalue weighted by atomic mass is 9.80. The standard InChI is InChI=1S/C15H24.C10H14.C7H9N/c1-11-8-12(14(2,3)4)10-13(9-11)15(5,6)7;1-7-5-8(2)10(4)9(3)6-7;1-6-4-3-5-7(2)8-6/h8-10H,1-7H3;5-6H,1-4H3;3-5H,1-2H3. The van der Waals surface area contributed by atoms with E-state index in [1.807, 2.05) is 32.0 Å². The first-order valence-corrected chi connectivity index (χ1v) is 12.1. The third-order valence-corrected chi connectivity index (χ3v) is 5.91. The molecule has 1 heterocycles. The van der Waals surface area contributed by atoms with Crippen molar-refractivity contribution in [3.05, 3.63) is 98.9 Å². The van der Waals surface area contributed by atoms with Crippen molar-refractivity contribution in [3.63, 3.8) is 0 Å². The van der Waals surface area contributed by atoms with E-state index in [1.165, 1.54) is 38.9 Å². The maximum Gasteiger partial charge on any atom is 0.0375 e. The van der Waals surface area contributed by atoms with Gasteiger partial charge in [0.15, 0.2) is 0 Å². The average molecular weight is 446 g/mol. The van der Waals surface area contributed by atoms with E-state index >= 15 is 0 Å². The van der Waals surface area contributed by atoms with Crippen LogP contribution in [0.4, 0.5) is 0 Å². The molecule has 0 radical (unpaired) electrons. The van der Waals surface area contributed by atoms with Crippen LogP contribution in [0.25, 0.3) is 0 Å². The van der Waals surface area contributed by atoms with E-state index in [0.29, 0.717) is 0 Å². The first kappa shape index (κ1) is 28.6. The molecule has 3 aromatic rings. The molecule has 3 rings (SSSR count). The first-order valence-electron chi connectivity index (χ1n) is 12.1. The maximum atomic E-state index is 4.17. The highest BCUT2D eigenvalue weighted by molar-refractivity contribution is 5.37. The zero-order chi connectivity index (χ0) is 25.6. The molecule has 33 heavy (non-hydrogen) atoms. The van der Waals surface area contributed by atoms with Gasteiger partial charge < -0.3 is 0 Å². The average Bonchev–Trinajstić information content (AvgIpc) is 2.65. The number of rotatable bonds is 0. The number of pyridine rings is 1. The molecule has 1 heteroatoms. The fraction of sp³-hybridized carbons (Fsp3) is 0.469. The predicted molar refractivity (Wildman–Crippen MR) is 148 cm³/mol. The normalized spacial score (nSPS) is 11.2. The molecule has 0 aliphatic heterocycles. The van der Waals surface area contributed by atoms with Gasteiger partial charge in [-0.1, -0.05) is 89.1 Å². The second-order valence-electron chi connectivity index (χ2n) is 11.5. The van der Waals surface area contributed by atoms with E-state index < -0.39 is 0 Å². The number of aromatic nitrogens is 1. The van der Waals surface area contributed by atoms with Crippen LogP contribution < -0.4 is 0 Å². The van der Waals surface area contributed by atoms with Crippen LogP contribution in [0.2, 0.25) is 0 Å². The molecule has 0 saturated carbocycles. The lowest BCUT2D eigenvalue weighted by Gasteiger charge is -2.25. The van der Waals surface area contributed by atoms with Crippen molar-refractivity contribution < 1.29 is 0 Å². The summed E-state index contributed by atoms with van der Waals surface area (Å²) in [5, 5.41) is 0. The zero-order valence-electron chi connectivity index (χ0n) is 23.6. The monoisotopic (exact) mass is 445 g/mol. The van der Waals surface area contributed by atoms with Crippen molar-refractivity contribution in [1.29, 1.82) is 0 Å². The molecule has 1 nitrogen and oxygen atoms in total. The van der Waals surface area contributed by atoms with Crippen LogP contribution >= 0.6 is 0 Å². The first-order chi connectivity index (χ1) is 15.0. The number of hydrogen-bond donors (Lipinski definition) is 0. The third-order valence-electron chi connectivity index (χ3n) is 5.91. The van der Waals surface area contributed by atoms with Crippen LogP contribution in [0.3, 0.4) is 0 Å². The van der Waals surface area contributed by atoms with Crippen molar-refractivity contribution >= 4 is 0 Å². The molecule has 0 spiro atoms. The molecule has 0 amide bonds. The Hall–Kier alpha value is -2.41. The summed E-state index contributed by atoms with van der Waals surface area (Å²) in [5.74, 6) is 0. The molecule has 0 N–H and O–H groups in total. The molecule has 0 saturated heterocycles. The van der Waals surface area contributed by atoms with E-state index in [0.717, 1.165) is 11.4 Å². The molecule has 0 aliphatic rings. The Labute approximate surface area is 204 Å². The highest BCUT2D eigenvalue weighted by Gasteiger charge is 2.19. The smallest absolute Gasteiger partial charge is 0.0375 e. The fourth-order valence-corrected chi connectivity index (χ4v) is 3.58. The van der Waals surface area contributed by atoms with Crippen LogP contribution in [0, 0.1) is 48.5 Å². The summed E-state index contributed by atoms with van der Waals surface area (Å²) in [6.45, 7) is 28.4. The van der Waals surface area contributed by atoms with E-state index in [4.69, 9.17) is 0 Å². The lowest BCUT2D eigenvalue weighted by Crippen LogP contribution is -2.16. The summed E-state index contributed by atoms with van der Waals surface area (Å²) in [7, 11) is 0. The zero-order valence-corrected chi connectivity index (χ0v) is 23.6. The molecule has 0 bridgehead atoms. The molecule has 0 atom stereocenters. The molecular weight excluding hydrogens is 398 g/mol. The molecule has 1 aromatic heterocycles. The van der Waals surface area contributed by atoms with Gasteiger partial charge in [-0.3, -0.25) is 4.98 Å². The Balaban J connectivity index is 0.000000262. The SMILES string of the molecule is Cc1cc(C(C)(C)C)cc(C(C)(C)C)c1.Cc1cc(C)c(C)c(C)c1.Cc1cccc(C)n1. The second kappa shape index (κ2) is 11.6. The second-order valence-corrected chi connectivity index (χ2v) is 11.5. The van der Waals surface area contributed by atoms with Crippen molar-refractivity contribution in [2.45, 2.75) is 101 Å². The van der Waals surface area contributed by atoms with Gasteiger partial charge in [0.25, 0.3) is 0 Å². The highest BCUT2D eigenvalue weighted by atomic mass is 14.7. The Kier molecular flexibility index (Phi) is 10.1. The van der Waals surface area contributed by atoms with Gasteiger partial charge in [0.2, 0.25) is 0 Å². The lowest BCUT2D eigenvalue weighted by molar-refractivity contribution is 0.567. The number of nitrogens with zero attached hydrogens (tertiary/aromatic N) is 1. The molecular formula is C32H47N. The summed E-state index contributed by atoms with van der Waals surface area (Å²) in [4.78, 5) is 4.17. The molecule has 0 aliphatic carbocycles. The minimum absolute atomic E-state index is 0.242. The van der Waals surface area contributed by atoms with Crippen LogP contribution in [0.15, 0.2) is 48.5 Å².